The number of aryl methyl sites for hydroxylation is 1. The molecule has 0 unspecified atom stereocenters. The molecule has 24 heavy (non-hydrogen) atoms. The van der Waals surface area contributed by atoms with Crippen molar-refractivity contribution >= 4 is 23.2 Å². The second-order valence-electron chi connectivity index (χ2n) is 5.34. The van der Waals surface area contributed by atoms with E-state index in [0.717, 1.165) is 11.1 Å². The second-order valence-corrected chi connectivity index (χ2v) is 5.75. The molecule has 1 N–H and O–H groups in total. The molecule has 3 rings (SSSR count). The Hall–Kier alpha value is -2.66. The molecule has 1 heterocycles. The third-order valence-corrected chi connectivity index (χ3v) is 4.02. The lowest BCUT2D eigenvalue weighted by atomic mass is 10.2. The van der Waals surface area contributed by atoms with Gasteiger partial charge in [-0.1, -0.05) is 53.2 Å². The molecule has 3 aromatic rings. The van der Waals surface area contributed by atoms with Crippen molar-refractivity contribution < 1.29 is 9.32 Å². The van der Waals surface area contributed by atoms with Gasteiger partial charge in [0.2, 0.25) is 17.6 Å². The fourth-order valence-electron chi connectivity index (χ4n) is 2.24. The van der Waals surface area contributed by atoms with Gasteiger partial charge in [0.25, 0.3) is 0 Å². The van der Waals surface area contributed by atoms with Gasteiger partial charge in [-0.3, -0.25) is 4.79 Å². The molecule has 0 aliphatic heterocycles. The van der Waals surface area contributed by atoms with Gasteiger partial charge in [0, 0.05) is 29.1 Å². The molecular weight excluding hydrogens is 326 g/mol. The first kappa shape index (κ1) is 16.2. The number of rotatable bonds is 5. The smallest absolute Gasteiger partial charge is 0.227 e. The molecule has 1 aromatic heterocycles. The van der Waals surface area contributed by atoms with Crippen molar-refractivity contribution in [3.63, 3.8) is 0 Å². The summed E-state index contributed by atoms with van der Waals surface area (Å²) in [4.78, 5) is 16.4. The molecule has 122 valence electrons. The summed E-state index contributed by atoms with van der Waals surface area (Å²) in [6, 6.07) is 15.0. The van der Waals surface area contributed by atoms with Crippen LogP contribution >= 0.6 is 11.6 Å². The number of carbonyl (C=O) groups excluding carboxylic acids is 1. The molecule has 0 radical (unpaired) electrons. The zero-order chi connectivity index (χ0) is 16.9. The van der Waals surface area contributed by atoms with E-state index in [1.165, 1.54) is 0 Å². The van der Waals surface area contributed by atoms with Crippen LogP contribution in [0.1, 0.15) is 17.9 Å². The number of carbonyl (C=O) groups is 1. The van der Waals surface area contributed by atoms with Gasteiger partial charge >= 0.3 is 0 Å². The van der Waals surface area contributed by atoms with Crippen molar-refractivity contribution in [1.29, 1.82) is 0 Å². The highest BCUT2D eigenvalue weighted by molar-refractivity contribution is 6.31. The quantitative estimate of drug-likeness (QED) is 0.752. The van der Waals surface area contributed by atoms with Crippen LogP contribution < -0.4 is 5.32 Å². The lowest BCUT2D eigenvalue weighted by Gasteiger charge is -2.08. The van der Waals surface area contributed by atoms with Crippen LogP contribution in [0.4, 0.5) is 5.69 Å². The van der Waals surface area contributed by atoms with Crippen LogP contribution in [0.5, 0.6) is 0 Å². The van der Waals surface area contributed by atoms with Crippen molar-refractivity contribution in [1.82, 2.24) is 10.1 Å². The number of halogens is 1. The first-order valence-corrected chi connectivity index (χ1v) is 7.94. The zero-order valence-electron chi connectivity index (χ0n) is 13.1. The van der Waals surface area contributed by atoms with Crippen molar-refractivity contribution in [2.45, 2.75) is 19.8 Å². The number of benzene rings is 2. The average molecular weight is 342 g/mol. The number of anilines is 1. The minimum absolute atomic E-state index is 0.125. The summed E-state index contributed by atoms with van der Waals surface area (Å²) < 4.78 is 5.20. The van der Waals surface area contributed by atoms with Gasteiger partial charge in [-0.2, -0.15) is 4.98 Å². The van der Waals surface area contributed by atoms with Crippen LogP contribution in [0.3, 0.4) is 0 Å². The minimum atomic E-state index is -0.125. The molecule has 0 aliphatic rings. The van der Waals surface area contributed by atoms with Crippen LogP contribution in [-0.4, -0.2) is 16.0 Å². The Bertz CT molecular complexity index is 846. The van der Waals surface area contributed by atoms with E-state index in [1.54, 1.807) is 12.1 Å². The fourth-order valence-corrected chi connectivity index (χ4v) is 2.41. The van der Waals surface area contributed by atoms with E-state index < -0.39 is 0 Å². The van der Waals surface area contributed by atoms with E-state index in [1.807, 2.05) is 43.3 Å². The highest BCUT2D eigenvalue weighted by Crippen LogP contribution is 2.23. The standard InChI is InChI=1S/C18H16ClN3O2/c1-12-14(19)8-5-9-15(12)20-16(23)10-11-17-21-18(22-24-17)13-6-3-2-4-7-13/h2-9H,10-11H2,1H3,(H,20,23). The minimum Gasteiger partial charge on any atom is -0.339 e. The van der Waals surface area contributed by atoms with Crippen molar-refractivity contribution in [3.8, 4) is 11.4 Å². The maximum absolute atomic E-state index is 12.1. The van der Waals surface area contributed by atoms with E-state index in [2.05, 4.69) is 15.5 Å². The van der Waals surface area contributed by atoms with Crippen LogP contribution in [0.25, 0.3) is 11.4 Å². The maximum atomic E-state index is 12.1. The number of nitrogens with one attached hydrogen (secondary N) is 1. The average Bonchev–Trinajstić information content (AvgIpc) is 3.07. The van der Waals surface area contributed by atoms with Crippen LogP contribution in [0, 0.1) is 6.92 Å². The van der Waals surface area contributed by atoms with Gasteiger partial charge in [0.05, 0.1) is 0 Å². The molecule has 0 aliphatic carbocycles. The Morgan fingerprint density at radius 3 is 2.75 bits per heavy atom. The van der Waals surface area contributed by atoms with Gasteiger partial charge in [-0.15, -0.1) is 0 Å². The summed E-state index contributed by atoms with van der Waals surface area (Å²) in [5.41, 5.74) is 2.44. The number of nitrogens with zero attached hydrogens (tertiary/aromatic N) is 2. The van der Waals surface area contributed by atoms with E-state index >= 15 is 0 Å². The molecule has 0 saturated carbocycles. The van der Waals surface area contributed by atoms with Gasteiger partial charge in [0.1, 0.15) is 0 Å². The van der Waals surface area contributed by atoms with Gasteiger partial charge in [-0.25, -0.2) is 0 Å². The first-order valence-electron chi connectivity index (χ1n) is 7.56. The maximum Gasteiger partial charge on any atom is 0.227 e. The van der Waals surface area contributed by atoms with Crippen molar-refractivity contribution in [2.24, 2.45) is 0 Å². The largest absolute Gasteiger partial charge is 0.339 e. The molecule has 0 saturated heterocycles. The number of hydrogen-bond donors (Lipinski definition) is 1. The molecule has 0 bridgehead atoms. The van der Waals surface area contributed by atoms with Gasteiger partial charge < -0.3 is 9.84 Å². The van der Waals surface area contributed by atoms with E-state index in [-0.39, 0.29) is 12.3 Å². The van der Waals surface area contributed by atoms with Crippen LogP contribution in [-0.2, 0) is 11.2 Å². The second kappa shape index (κ2) is 7.27. The molecule has 0 atom stereocenters. The summed E-state index contributed by atoms with van der Waals surface area (Å²) in [7, 11) is 0. The first-order chi connectivity index (χ1) is 11.6. The highest BCUT2D eigenvalue weighted by Gasteiger charge is 2.11. The summed E-state index contributed by atoms with van der Waals surface area (Å²) in [6.07, 6.45) is 0.633. The highest BCUT2D eigenvalue weighted by atomic mass is 35.5. The van der Waals surface area contributed by atoms with E-state index in [0.29, 0.717) is 28.8 Å². The lowest BCUT2D eigenvalue weighted by Crippen LogP contribution is -2.13. The predicted molar refractivity (Wildman–Crippen MR) is 92.9 cm³/mol. The predicted octanol–water partition coefficient (Wildman–Crippen LogP) is 4.27. The van der Waals surface area contributed by atoms with Gasteiger partial charge in [-0.05, 0) is 24.6 Å². The van der Waals surface area contributed by atoms with E-state index in [9.17, 15) is 4.79 Å². The summed E-state index contributed by atoms with van der Waals surface area (Å²) in [5, 5.41) is 7.41. The molecule has 5 nitrogen and oxygen atoms in total. The lowest BCUT2D eigenvalue weighted by molar-refractivity contribution is -0.116. The molecular formula is C18H16ClN3O2. The summed E-state index contributed by atoms with van der Waals surface area (Å²) >= 11 is 6.05. The molecule has 0 fully saturated rings. The molecule has 6 heteroatoms. The van der Waals surface area contributed by atoms with Gasteiger partial charge in [0.15, 0.2) is 0 Å². The van der Waals surface area contributed by atoms with Crippen molar-refractivity contribution in [2.75, 3.05) is 5.32 Å². The van der Waals surface area contributed by atoms with Crippen LogP contribution in [0.15, 0.2) is 53.1 Å². The molecule has 1 amide bonds. The Balaban J connectivity index is 1.59. The van der Waals surface area contributed by atoms with Crippen molar-refractivity contribution in [3.05, 3.63) is 65.0 Å². The Labute approximate surface area is 144 Å². The molecule has 0 spiro atoms. The number of hydrogen-bond acceptors (Lipinski definition) is 4. The van der Waals surface area contributed by atoms with E-state index in [4.69, 9.17) is 16.1 Å². The van der Waals surface area contributed by atoms with Crippen LogP contribution in [0.2, 0.25) is 5.02 Å². The topological polar surface area (TPSA) is 68.0 Å². The third kappa shape index (κ3) is 3.81. The Morgan fingerprint density at radius 1 is 1.17 bits per heavy atom. The Kier molecular flexibility index (Phi) is 4.91. The summed E-state index contributed by atoms with van der Waals surface area (Å²) in [6.45, 7) is 1.86. The third-order valence-electron chi connectivity index (χ3n) is 3.61. The zero-order valence-corrected chi connectivity index (χ0v) is 13.9. The number of amides is 1. The Morgan fingerprint density at radius 2 is 1.96 bits per heavy atom. The molecule has 2 aromatic carbocycles. The SMILES string of the molecule is Cc1c(Cl)cccc1NC(=O)CCc1nc(-c2ccccc2)no1. The normalized spacial score (nSPS) is 10.6. The monoisotopic (exact) mass is 341 g/mol. The summed E-state index contributed by atoms with van der Waals surface area (Å²) in [5.74, 6) is 0.836. The fraction of sp³-hybridized carbons (Fsp3) is 0.167. The number of aromatic nitrogens is 2.